The number of hydrogen-bond acceptors (Lipinski definition) is 2. The predicted molar refractivity (Wildman–Crippen MR) is 59.9 cm³/mol. The lowest BCUT2D eigenvalue weighted by molar-refractivity contribution is -0.141. The number of hydrogen-bond donors (Lipinski definition) is 2. The van der Waals surface area contributed by atoms with Gasteiger partial charge in [-0.25, -0.2) is 4.79 Å². The molecule has 1 amide bonds. The smallest absolute Gasteiger partial charge is 0.407 e. The van der Waals surface area contributed by atoms with E-state index in [1.807, 2.05) is 30.3 Å². The Morgan fingerprint density at radius 2 is 1.76 bits per heavy atom. The van der Waals surface area contributed by atoms with Crippen molar-refractivity contribution in [2.45, 2.75) is 5.92 Å². The molecule has 1 aromatic carbocycles. The largest absolute Gasteiger partial charge is 0.481 e. The quantitative estimate of drug-likeness (QED) is 0.813. The molecule has 0 aromatic heterocycles. The van der Waals surface area contributed by atoms with Crippen LogP contribution >= 0.6 is 0 Å². The van der Waals surface area contributed by atoms with Gasteiger partial charge >= 0.3 is 12.1 Å². The average Bonchev–Trinajstić information content (AvgIpc) is 2.75. The molecule has 17 heavy (non-hydrogen) atoms. The molecule has 0 radical (unpaired) electrons. The van der Waals surface area contributed by atoms with Crippen molar-refractivity contribution in [2.75, 3.05) is 13.1 Å². The van der Waals surface area contributed by atoms with Gasteiger partial charge in [-0.2, -0.15) is 0 Å². The third-order valence-electron chi connectivity index (χ3n) is 3.14. The topological polar surface area (TPSA) is 77.8 Å². The zero-order valence-electron chi connectivity index (χ0n) is 9.11. The number of carbonyl (C=O) groups is 2. The van der Waals surface area contributed by atoms with E-state index in [2.05, 4.69) is 0 Å². The Hall–Kier alpha value is -2.04. The highest BCUT2D eigenvalue weighted by Gasteiger charge is 2.40. The number of amides is 1. The summed E-state index contributed by atoms with van der Waals surface area (Å²) < 4.78 is 0. The first-order chi connectivity index (χ1) is 8.09. The fraction of sp³-hybridized carbons (Fsp3) is 0.333. The molecule has 2 rings (SSSR count). The summed E-state index contributed by atoms with van der Waals surface area (Å²) in [7, 11) is 0. The van der Waals surface area contributed by atoms with Crippen molar-refractivity contribution in [1.82, 2.24) is 4.90 Å². The molecule has 0 bridgehead atoms. The van der Waals surface area contributed by atoms with E-state index < -0.39 is 18.0 Å². The predicted octanol–water partition coefficient (Wildman–Crippen LogP) is 1.46. The van der Waals surface area contributed by atoms with Crippen LogP contribution in [-0.4, -0.2) is 40.3 Å². The highest BCUT2D eigenvalue weighted by Crippen LogP contribution is 2.32. The van der Waals surface area contributed by atoms with E-state index in [-0.39, 0.29) is 19.0 Å². The summed E-state index contributed by atoms with van der Waals surface area (Å²) in [5, 5.41) is 18.0. The highest BCUT2D eigenvalue weighted by molar-refractivity contribution is 5.75. The van der Waals surface area contributed by atoms with E-state index in [0.717, 1.165) is 10.5 Å². The number of rotatable bonds is 2. The molecule has 90 valence electrons. The first kappa shape index (κ1) is 11.4. The highest BCUT2D eigenvalue weighted by atomic mass is 16.4. The normalized spacial score (nSPS) is 23.6. The van der Waals surface area contributed by atoms with Crippen LogP contribution in [0.5, 0.6) is 0 Å². The van der Waals surface area contributed by atoms with Gasteiger partial charge in [0.15, 0.2) is 0 Å². The van der Waals surface area contributed by atoms with Crippen LogP contribution in [0.1, 0.15) is 11.5 Å². The summed E-state index contributed by atoms with van der Waals surface area (Å²) >= 11 is 0. The Bertz CT molecular complexity index is 431. The molecule has 1 aromatic rings. The lowest BCUT2D eigenvalue weighted by atomic mass is 9.89. The first-order valence-corrected chi connectivity index (χ1v) is 5.35. The second-order valence-electron chi connectivity index (χ2n) is 4.15. The van der Waals surface area contributed by atoms with Crippen LogP contribution in [0.4, 0.5) is 4.79 Å². The van der Waals surface area contributed by atoms with Gasteiger partial charge in [-0.3, -0.25) is 4.79 Å². The van der Waals surface area contributed by atoms with E-state index in [1.165, 1.54) is 0 Å². The molecule has 1 aliphatic rings. The summed E-state index contributed by atoms with van der Waals surface area (Å²) in [6, 6.07) is 9.19. The molecule has 2 atom stereocenters. The van der Waals surface area contributed by atoms with Crippen LogP contribution in [0.15, 0.2) is 30.3 Å². The van der Waals surface area contributed by atoms with Gasteiger partial charge in [0.1, 0.15) is 0 Å². The lowest BCUT2D eigenvalue weighted by Crippen LogP contribution is -2.28. The summed E-state index contributed by atoms with van der Waals surface area (Å²) in [4.78, 5) is 23.2. The SMILES string of the molecule is O=C(O)[C@@H]1CN(C(=O)O)C[C@H]1c1ccccc1. The summed E-state index contributed by atoms with van der Waals surface area (Å²) in [5.41, 5.74) is 0.878. The first-order valence-electron chi connectivity index (χ1n) is 5.35. The summed E-state index contributed by atoms with van der Waals surface area (Å²) in [6.07, 6.45) is -1.06. The van der Waals surface area contributed by atoms with Gasteiger partial charge in [-0.1, -0.05) is 30.3 Å². The van der Waals surface area contributed by atoms with Crippen LogP contribution in [0.3, 0.4) is 0 Å². The molecule has 0 unspecified atom stereocenters. The van der Waals surface area contributed by atoms with Crippen LogP contribution in [-0.2, 0) is 4.79 Å². The standard InChI is InChI=1S/C12H13NO4/c14-11(15)10-7-13(12(16)17)6-9(10)8-4-2-1-3-5-8/h1-5,9-10H,6-7H2,(H,14,15)(H,16,17)/t9-,10+/m0/s1. The van der Waals surface area contributed by atoms with Gasteiger partial charge in [0, 0.05) is 19.0 Å². The zero-order valence-corrected chi connectivity index (χ0v) is 9.11. The molecular formula is C12H13NO4. The molecule has 1 fully saturated rings. The Morgan fingerprint density at radius 1 is 1.12 bits per heavy atom. The Balaban J connectivity index is 2.26. The minimum Gasteiger partial charge on any atom is -0.481 e. The molecule has 0 spiro atoms. The molecule has 0 aliphatic carbocycles. The lowest BCUT2D eigenvalue weighted by Gasteiger charge is -2.14. The molecule has 1 aliphatic heterocycles. The molecule has 1 saturated heterocycles. The second-order valence-corrected chi connectivity index (χ2v) is 4.15. The Morgan fingerprint density at radius 3 is 2.29 bits per heavy atom. The maximum atomic E-state index is 11.1. The number of nitrogens with zero attached hydrogens (tertiary/aromatic N) is 1. The molecule has 2 N–H and O–H groups in total. The number of likely N-dealkylation sites (tertiary alicyclic amines) is 1. The molecule has 5 nitrogen and oxygen atoms in total. The van der Waals surface area contributed by atoms with Crippen molar-refractivity contribution >= 4 is 12.1 Å². The van der Waals surface area contributed by atoms with Crippen molar-refractivity contribution in [3.8, 4) is 0 Å². The average molecular weight is 235 g/mol. The van der Waals surface area contributed by atoms with Crippen molar-refractivity contribution in [3.05, 3.63) is 35.9 Å². The van der Waals surface area contributed by atoms with Gasteiger partial charge < -0.3 is 15.1 Å². The molecule has 5 heteroatoms. The van der Waals surface area contributed by atoms with E-state index in [4.69, 9.17) is 10.2 Å². The van der Waals surface area contributed by atoms with Crippen LogP contribution in [0.25, 0.3) is 0 Å². The minimum absolute atomic E-state index is 0.0597. The Labute approximate surface area is 98.3 Å². The molecule has 1 heterocycles. The Kier molecular flexibility index (Phi) is 2.99. The van der Waals surface area contributed by atoms with Gasteiger partial charge in [-0.15, -0.1) is 0 Å². The number of carboxylic acid groups (broad SMARTS) is 2. The van der Waals surface area contributed by atoms with Crippen LogP contribution in [0.2, 0.25) is 0 Å². The number of benzene rings is 1. The van der Waals surface area contributed by atoms with Crippen LogP contribution < -0.4 is 0 Å². The third kappa shape index (κ3) is 2.22. The maximum absolute atomic E-state index is 11.1. The summed E-state index contributed by atoms with van der Waals surface area (Å²) in [5.74, 6) is -1.86. The van der Waals surface area contributed by atoms with E-state index >= 15 is 0 Å². The van der Waals surface area contributed by atoms with E-state index in [1.54, 1.807) is 0 Å². The van der Waals surface area contributed by atoms with Gasteiger partial charge in [0.05, 0.1) is 5.92 Å². The molecule has 0 saturated carbocycles. The monoisotopic (exact) mass is 235 g/mol. The van der Waals surface area contributed by atoms with Gasteiger partial charge in [-0.05, 0) is 5.56 Å². The number of carboxylic acids is 1. The van der Waals surface area contributed by atoms with Gasteiger partial charge in [0.2, 0.25) is 0 Å². The zero-order chi connectivity index (χ0) is 12.4. The van der Waals surface area contributed by atoms with Crippen LogP contribution in [0, 0.1) is 5.92 Å². The summed E-state index contributed by atoms with van der Waals surface area (Å²) in [6.45, 7) is 0.306. The van der Waals surface area contributed by atoms with Crippen molar-refractivity contribution < 1.29 is 19.8 Å². The van der Waals surface area contributed by atoms with E-state index in [9.17, 15) is 9.59 Å². The van der Waals surface area contributed by atoms with Gasteiger partial charge in [0.25, 0.3) is 0 Å². The minimum atomic E-state index is -1.06. The van der Waals surface area contributed by atoms with Crippen molar-refractivity contribution in [1.29, 1.82) is 0 Å². The third-order valence-corrected chi connectivity index (χ3v) is 3.14. The fourth-order valence-electron chi connectivity index (χ4n) is 2.25. The number of aliphatic carboxylic acids is 1. The van der Waals surface area contributed by atoms with E-state index in [0.29, 0.717) is 0 Å². The fourth-order valence-corrected chi connectivity index (χ4v) is 2.25. The molecular weight excluding hydrogens is 222 g/mol. The van der Waals surface area contributed by atoms with Crippen molar-refractivity contribution in [3.63, 3.8) is 0 Å². The maximum Gasteiger partial charge on any atom is 0.407 e. The second kappa shape index (κ2) is 4.45. The van der Waals surface area contributed by atoms with Crippen molar-refractivity contribution in [2.24, 2.45) is 5.92 Å².